The summed E-state index contributed by atoms with van der Waals surface area (Å²) in [6.45, 7) is 6.80. The minimum absolute atomic E-state index is 0.0197. The Kier molecular flexibility index (Phi) is 5.58. The first-order valence-electron chi connectivity index (χ1n) is 3.95. The Hall–Kier alpha value is -0.670. The van der Waals surface area contributed by atoms with E-state index in [9.17, 15) is 4.79 Å². The molecule has 0 atom stereocenters. The van der Waals surface area contributed by atoms with Crippen LogP contribution in [0.5, 0.6) is 0 Å². The SMILES string of the molecule is C=C(C)C(=O)COCCN(C)C. The van der Waals surface area contributed by atoms with Crippen molar-refractivity contribution < 1.29 is 9.53 Å². The third-order valence-corrected chi connectivity index (χ3v) is 1.39. The van der Waals surface area contributed by atoms with Gasteiger partial charge in [0.05, 0.1) is 6.61 Å². The van der Waals surface area contributed by atoms with E-state index in [1.54, 1.807) is 6.92 Å². The average Bonchev–Trinajstić information content (AvgIpc) is 1.97. The van der Waals surface area contributed by atoms with Crippen LogP contribution in [-0.2, 0) is 9.53 Å². The molecule has 0 N–H and O–H groups in total. The maximum absolute atomic E-state index is 10.9. The summed E-state index contributed by atoms with van der Waals surface area (Å²) >= 11 is 0. The molecule has 0 bridgehead atoms. The van der Waals surface area contributed by atoms with Crippen LogP contribution in [0.2, 0.25) is 0 Å². The van der Waals surface area contributed by atoms with E-state index in [1.165, 1.54) is 0 Å². The van der Waals surface area contributed by atoms with Gasteiger partial charge in [-0.15, -0.1) is 0 Å². The molecule has 0 spiro atoms. The van der Waals surface area contributed by atoms with E-state index in [0.717, 1.165) is 6.54 Å². The van der Waals surface area contributed by atoms with Gasteiger partial charge >= 0.3 is 0 Å². The monoisotopic (exact) mass is 171 g/mol. The van der Waals surface area contributed by atoms with E-state index in [-0.39, 0.29) is 12.4 Å². The van der Waals surface area contributed by atoms with Gasteiger partial charge in [-0.3, -0.25) is 4.79 Å². The lowest BCUT2D eigenvalue weighted by Gasteiger charge is -2.08. The summed E-state index contributed by atoms with van der Waals surface area (Å²) in [7, 11) is 3.92. The van der Waals surface area contributed by atoms with Crippen LogP contribution in [0, 0.1) is 0 Å². The standard InChI is InChI=1S/C9H17NO2/c1-8(2)9(11)7-12-6-5-10(3)4/h1,5-7H2,2-4H3. The topological polar surface area (TPSA) is 29.5 Å². The fraction of sp³-hybridized carbons (Fsp3) is 0.667. The molecule has 0 radical (unpaired) electrons. The average molecular weight is 171 g/mol. The summed E-state index contributed by atoms with van der Waals surface area (Å²) in [5, 5.41) is 0. The molecular weight excluding hydrogens is 154 g/mol. The lowest BCUT2D eigenvalue weighted by molar-refractivity contribution is -0.119. The molecular formula is C9H17NO2. The first kappa shape index (κ1) is 11.3. The van der Waals surface area contributed by atoms with Crippen LogP contribution >= 0.6 is 0 Å². The third kappa shape index (κ3) is 6.07. The number of carbonyl (C=O) groups excluding carboxylic acids is 1. The Bertz CT molecular complexity index is 164. The summed E-state index contributed by atoms with van der Waals surface area (Å²) in [5.41, 5.74) is 0.555. The van der Waals surface area contributed by atoms with Crippen LogP contribution in [0.3, 0.4) is 0 Å². The van der Waals surface area contributed by atoms with Crippen molar-refractivity contribution in [3.63, 3.8) is 0 Å². The van der Waals surface area contributed by atoms with Crippen molar-refractivity contribution in [3.05, 3.63) is 12.2 Å². The number of ether oxygens (including phenoxy) is 1. The predicted molar refractivity (Wildman–Crippen MR) is 49.2 cm³/mol. The molecule has 0 aliphatic heterocycles. The predicted octanol–water partition coefficient (Wildman–Crippen LogP) is 0.710. The van der Waals surface area contributed by atoms with Gasteiger partial charge in [0.2, 0.25) is 0 Å². The number of likely N-dealkylation sites (N-methyl/N-ethyl adjacent to an activating group) is 1. The van der Waals surface area contributed by atoms with Gasteiger partial charge < -0.3 is 9.64 Å². The summed E-state index contributed by atoms with van der Waals surface area (Å²) in [6, 6.07) is 0. The van der Waals surface area contributed by atoms with Crippen molar-refractivity contribution >= 4 is 5.78 Å². The van der Waals surface area contributed by atoms with Crippen LogP contribution < -0.4 is 0 Å². The van der Waals surface area contributed by atoms with E-state index in [4.69, 9.17) is 4.74 Å². The lowest BCUT2D eigenvalue weighted by atomic mass is 10.2. The van der Waals surface area contributed by atoms with E-state index < -0.39 is 0 Å². The molecule has 0 unspecified atom stereocenters. The minimum atomic E-state index is -0.0197. The van der Waals surface area contributed by atoms with Crippen molar-refractivity contribution in [2.45, 2.75) is 6.92 Å². The summed E-state index contributed by atoms with van der Waals surface area (Å²) in [5.74, 6) is -0.0197. The Morgan fingerprint density at radius 1 is 1.50 bits per heavy atom. The molecule has 0 rings (SSSR count). The highest BCUT2D eigenvalue weighted by atomic mass is 16.5. The molecule has 0 aromatic rings. The second-order valence-electron chi connectivity index (χ2n) is 3.06. The van der Waals surface area contributed by atoms with Crippen LogP contribution in [0.4, 0.5) is 0 Å². The van der Waals surface area contributed by atoms with Gasteiger partial charge in [-0.25, -0.2) is 0 Å². The van der Waals surface area contributed by atoms with Crippen LogP contribution in [0.1, 0.15) is 6.92 Å². The number of rotatable bonds is 6. The second-order valence-corrected chi connectivity index (χ2v) is 3.06. The maximum atomic E-state index is 10.9. The van der Waals surface area contributed by atoms with Crippen molar-refractivity contribution in [2.24, 2.45) is 0 Å². The van der Waals surface area contributed by atoms with E-state index in [0.29, 0.717) is 12.2 Å². The zero-order valence-corrected chi connectivity index (χ0v) is 8.09. The van der Waals surface area contributed by atoms with Gasteiger partial charge in [-0.1, -0.05) is 6.58 Å². The summed E-state index contributed by atoms with van der Waals surface area (Å²) < 4.78 is 5.12. The second kappa shape index (κ2) is 5.91. The fourth-order valence-electron chi connectivity index (χ4n) is 0.535. The normalized spacial score (nSPS) is 10.3. The molecule has 3 heteroatoms. The molecule has 3 nitrogen and oxygen atoms in total. The molecule has 12 heavy (non-hydrogen) atoms. The van der Waals surface area contributed by atoms with E-state index >= 15 is 0 Å². The number of hydrogen-bond donors (Lipinski definition) is 0. The highest BCUT2D eigenvalue weighted by Crippen LogP contribution is 1.90. The molecule has 0 heterocycles. The van der Waals surface area contributed by atoms with E-state index in [2.05, 4.69) is 6.58 Å². The largest absolute Gasteiger partial charge is 0.372 e. The fourth-order valence-corrected chi connectivity index (χ4v) is 0.535. The zero-order valence-electron chi connectivity index (χ0n) is 8.09. The van der Waals surface area contributed by atoms with Gasteiger partial charge in [0.25, 0.3) is 0 Å². The maximum Gasteiger partial charge on any atom is 0.183 e. The van der Waals surface area contributed by atoms with Gasteiger partial charge in [0.15, 0.2) is 5.78 Å². The molecule has 0 amide bonds. The van der Waals surface area contributed by atoms with Gasteiger partial charge in [-0.05, 0) is 26.6 Å². The Morgan fingerprint density at radius 2 is 2.08 bits per heavy atom. The van der Waals surface area contributed by atoms with Gasteiger partial charge in [-0.2, -0.15) is 0 Å². The molecule has 0 fully saturated rings. The molecule has 0 aliphatic rings. The number of hydrogen-bond acceptors (Lipinski definition) is 3. The van der Waals surface area contributed by atoms with E-state index in [1.807, 2.05) is 19.0 Å². The van der Waals surface area contributed by atoms with Crippen molar-refractivity contribution in [2.75, 3.05) is 33.9 Å². The smallest absolute Gasteiger partial charge is 0.183 e. The Morgan fingerprint density at radius 3 is 2.50 bits per heavy atom. The molecule has 0 saturated carbocycles. The van der Waals surface area contributed by atoms with Crippen molar-refractivity contribution in [1.82, 2.24) is 4.90 Å². The molecule has 0 aliphatic carbocycles. The molecule has 0 aromatic carbocycles. The Balaban J connectivity index is 3.32. The number of ketones is 1. The van der Waals surface area contributed by atoms with Crippen LogP contribution in [0.25, 0.3) is 0 Å². The molecule has 0 saturated heterocycles. The summed E-state index contributed by atoms with van der Waals surface area (Å²) in [4.78, 5) is 13.0. The zero-order chi connectivity index (χ0) is 9.56. The summed E-state index contributed by atoms with van der Waals surface area (Å²) in [6.07, 6.45) is 0. The number of carbonyl (C=O) groups is 1. The van der Waals surface area contributed by atoms with Gasteiger partial charge in [0.1, 0.15) is 6.61 Å². The van der Waals surface area contributed by atoms with Gasteiger partial charge in [0, 0.05) is 6.54 Å². The lowest BCUT2D eigenvalue weighted by Crippen LogP contribution is -2.20. The molecule has 0 aromatic heterocycles. The quantitative estimate of drug-likeness (QED) is 0.435. The highest BCUT2D eigenvalue weighted by molar-refractivity contribution is 5.95. The first-order chi connectivity index (χ1) is 5.54. The van der Waals surface area contributed by atoms with Crippen molar-refractivity contribution in [3.8, 4) is 0 Å². The first-order valence-corrected chi connectivity index (χ1v) is 3.95. The minimum Gasteiger partial charge on any atom is -0.372 e. The number of Topliss-reactive ketones (excluding diaryl/α,β-unsaturated/α-hetero) is 1. The highest BCUT2D eigenvalue weighted by Gasteiger charge is 2.01. The Labute approximate surface area is 74.0 Å². The number of nitrogens with zero attached hydrogens (tertiary/aromatic N) is 1. The van der Waals surface area contributed by atoms with Crippen molar-refractivity contribution in [1.29, 1.82) is 0 Å². The van der Waals surface area contributed by atoms with Crippen LogP contribution in [0.15, 0.2) is 12.2 Å². The molecule has 70 valence electrons. The third-order valence-electron chi connectivity index (χ3n) is 1.39. The van der Waals surface area contributed by atoms with Crippen LogP contribution in [-0.4, -0.2) is 44.5 Å².